The molecule has 0 aliphatic rings. The first-order valence-electron chi connectivity index (χ1n) is 2.05. The van der Waals surface area contributed by atoms with Crippen molar-refractivity contribution in [3.05, 3.63) is 0 Å². The van der Waals surface area contributed by atoms with Gasteiger partial charge in [0, 0.05) is 0 Å². The van der Waals surface area contributed by atoms with Crippen LogP contribution in [0.1, 0.15) is 13.3 Å². The topological polar surface area (TPSA) is 26.3 Å². The van der Waals surface area contributed by atoms with E-state index in [2.05, 4.69) is 0 Å². The Morgan fingerprint density at radius 3 is 2.57 bits per heavy atom. The first-order chi connectivity index (χ1) is 3.27. The van der Waals surface area contributed by atoms with Crippen LogP contribution in [0.25, 0.3) is 0 Å². The molecule has 0 aromatic carbocycles. The van der Waals surface area contributed by atoms with Crippen molar-refractivity contribution in [3.8, 4) is 0 Å². The zero-order valence-corrected chi connectivity index (χ0v) is 6.69. The molecular formula is C4H7O2Zr. The molecule has 0 aromatic heterocycles. The van der Waals surface area contributed by atoms with Crippen molar-refractivity contribution in [2.45, 2.75) is 13.3 Å². The average molecular weight is 178 g/mol. The molecule has 0 fully saturated rings. The number of carbonyl (C=O) groups is 1. The summed E-state index contributed by atoms with van der Waals surface area (Å²) >= 11 is 1.04. The summed E-state index contributed by atoms with van der Waals surface area (Å²) in [6, 6.07) is 0. The van der Waals surface area contributed by atoms with Crippen molar-refractivity contribution in [1.82, 2.24) is 0 Å². The van der Waals surface area contributed by atoms with Crippen LogP contribution in [0.2, 0.25) is 0 Å². The summed E-state index contributed by atoms with van der Waals surface area (Å²) < 4.78 is 4.72. The van der Waals surface area contributed by atoms with Crippen molar-refractivity contribution < 1.29 is 32.8 Å². The van der Waals surface area contributed by atoms with Gasteiger partial charge in [-0.15, -0.1) is 0 Å². The molecule has 0 aliphatic heterocycles. The molecule has 0 heterocycles. The van der Waals surface area contributed by atoms with Gasteiger partial charge in [0.15, 0.2) is 0 Å². The summed E-state index contributed by atoms with van der Waals surface area (Å²) in [6.45, 7) is 2.16. The molecule has 0 amide bonds. The van der Waals surface area contributed by atoms with Crippen molar-refractivity contribution in [1.29, 1.82) is 0 Å². The van der Waals surface area contributed by atoms with Gasteiger partial charge in [0.1, 0.15) is 0 Å². The number of hydrogen-bond donors (Lipinski definition) is 0. The molecule has 0 saturated carbocycles. The fraction of sp³-hybridized carbons (Fsp3) is 0.750. The van der Waals surface area contributed by atoms with Gasteiger partial charge < -0.3 is 0 Å². The molecular weight excluding hydrogens is 171 g/mol. The molecule has 0 unspecified atom stereocenters. The number of carbonyl (C=O) groups excluding carboxylic acids is 1. The molecule has 2 nitrogen and oxygen atoms in total. The van der Waals surface area contributed by atoms with E-state index in [1.807, 2.05) is 0 Å². The van der Waals surface area contributed by atoms with Gasteiger partial charge >= 0.3 is 58.5 Å². The minimum atomic E-state index is 0.197. The van der Waals surface area contributed by atoms with Crippen molar-refractivity contribution in [2.24, 2.45) is 0 Å². The maximum absolute atomic E-state index is 10.1. The van der Waals surface area contributed by atoms with Crippen LogP contribution in [-0.2, 0) is 32.8 Å². The summed E-state index contributed by atoms with van der Waals surface area (Å²) in [5, 5.41) is 0. The Labute approximate surface area is 58.7 Å². The molecule has 39 valence electrons. The molecule has 0 bridgehead atoms. The van der Waals surface area contributed by atoms with Gasteiger partial charge in [-0.05, 0) is 0 Å². The molecule has 0 N–H and O–H groups in total. The predicted octanol–water partition coefficient (Wildman–Crippen LogP) is 0.444. The zero-order chi connectivity index (χ0) is 5.70. The molecule has 0 rings (SSSR count). The number of hydrogen-bond acceptors (Lipinski definition) is 2. The van der Waals surface area contributed by atoms with Gasteiger partial charge in [-0.3, -0.25) is 0 Å². The van der Waals surface area contributed by atoms with E-state index in [1.165, 1.54) is 0 Å². The Kier molecular flexibility index (Phi) is 5.01. The maximum atomic E-state index is 10.1. The fourth-order valence-corrected chi connectivity index (χ4v) is 0.446. The van der Waals surface area contributed by atoms with Gasteiger partial charge in [0.2, 0.25) is 0 Å². The normalized spacial score (nSPS) is 8.57. The summed E-state index contributed by atoms with van der Waals surface area (Å²) in [6.07, 6.45) is 0.561. The Hall–Kier alpha value is 0.513. The van der Waals surface area contributed by atoms with Crippen LogP contribution in [-0.4, -0.2) is 12.4 Å². The standard InChI is InChI=1S/C4H7O2.Zr/c1-4(6)2-3-5;/h2-3H2,1H3;/q-1;+1. The van der Waals surface area contributed by atoms with E-state index in [-0.39, 0.29) is 5.78 Å². The van der Waals surface area contributed by atoms with Crippen LogP contribution in [0.5, 0.6) is 0 Å². The van der Waals surface area contributed by atoms with E-state index in [0.29, 0.717) is 13.0 Å². The summed E-state index contributed by atoms with van der Waals surface area (Å²) in [5.74, 6) is 0.197. The summed E-state index contributed by atoms with van der Waals surface area (Å²) in [4.78, 5) is 10.1. The molecule has 0 saturated heterocycles. The Bertz CT molecular complexity index is 62.7. The third-order valence-electron chi connectivity index (χ3n) is 0.556. The van der Waals surface area contributed by atoms with Gasteiger partial charge in [-0.25, -0.2) is 0 Å². The van der Waals surface area contributed by atoms with Crippen LogP contribution >= 0.6 is 0 Å². The van der Waals surface area contributed by atoms with E-state index in [1.54, 1.807) is 6.92 Å². The number of ketones is 1. The molecule has 0 radical (unpaired) electrons. The SMILES string of the molecule is CC(=O)CC[O][Zr]. The van der Waals surface area contributed by atoms with Crippen LogP contribution in [0.15, 0.2) is 0 Å². The predicted molar refractivity (Wildman–Crippen MR) is 21.2 cm³/mol. The number of Topliss-reactive ketones (excluding diaryl/α,β-unsaturated/α-hetero) is 1. The third kappa shape index (κ3) is 6.51. The Balaban J connectivity index is 2.82. The van der Waals surface area contributed by atoms with Crippen LogP contribution < -0.4 is 0 Å². The van der Waals surface area contributed by atoms with E-state index in [9.17, 15) is 4.79 Å². The molecule has 3 heteroatoms. The second kappa shape index (κ2) is 4.67. The van der Waals surface area contributed by atoms with E-state index >= 15 is 0 Å². The van der Waals surface area contributed by atoms with E-state index < -0.39 is 0 Å². The molecule has 0 aromatic rings. The summed E-state index contributed by atoms with van der Waals surface area (Å²) in [5.41, 5.74) is 0. The van der Waals surface area contributed by atoms with Gasteiger partial charge in [-0.1, -0.05) is 0 Å². The fourth-order valence-electron chi connectivity index (χ4n) is 0.195. The van der Waals surface area contributed by atoms with Gasteiger partial charge in [-0.2, -0.15) is 0 Å². The van der Waals surface area contributed by atoms with E-state index in [0.717, 1.165) is 25.2 Å². The number of rotatable bonds is 3. The third-order valence-corrected chi connectivity index (χ3v) is 1.06. The molecule has 7 heavy (non-hydrogen) atoms. The Morgan fingerprint density at radius 2 is 2.43 bits per heavy atom. The second-order valence-electron chi connectivity index (χ2n) is 1.30. The second-order valence-corrected chi connectivity index (χ2v) is 2.01. The van der Waals surface area contributed by atoms with Crippen molar-refractivity contribution >= 4 is 5.78 Å². The summed E-state index contributed by atoms with van der Waals surface area (Å²) in [7, 11) is 0. The van der Waals surface area contributed by atoms with Crippen molar-refractivity contribution in [3.63, 3.8) is 0 Å². The Morgan fingerprint density at radius 1 is 1.86 bits per heavy atom. The van der Waals surface area contributed by atoms with Crippen LogP contribution in [0.4, 0.5) is 0 Å². The van der Waals surface area contributed by atoms with Gasteiger partial charge in [0.25, 0.3) is 0 Å². The first-order valence-corrected chi connectivity index (χ1v) is 3.05. The first kappa shape index (κ1) is 7.51. The quantitative estimate of drug-likeness (QED) is 0.627. The average Bonchev–Trinajstić information content (AvgIpc) is 1.61. The molecule has 0 atom stereocenters. The van der Waals surface area contributed by atoms with Crippen molar-refractivity contribution in [2.75, 3.05) is 6.61 Å². The van der Waals surface area contributed by atoms with Crippen LogP contribution in [0.3, 0.4) is 0 Å². The van der Waals surface area contributed by atoms with Crippen LogP contribution in [0, 0.1) is 0 Å². The van der Waals surface area contributed by atoms with Gasteiger partial charge in [0.05, 0.1) is 0 Å². The van der Waals surface area contributed by atoms with E-state index in [4.69, 9.17) is 2.81 Å². The monoisotopic (exact) mass is 177 g/mol. The molecule has 0 aliphatic carbocycles. The minimum absolute atomic E-state index is 0.197. The molecule has 0 spiro atoms. The zero-order valence-electron chi connectivity index (χ0n) is 4.23.